The monoisotopic (exact) mass is 193 g/mol. The molecule has 0 aromatic rings. The van der Waals surface area contributed by atoms with Crippen LogP contribution in [0.4, 0.5) is 4.79 Å². The van der Waals surface area contributed by atoms with Crippen LogP contribution in [-0.4, -0.2) is 43.7 Å². The van der Waals surface area contributed by atoms with Crippen molar-refractivity contribution in [2.24, 2.45) is 0 Å². The number of hydrogen-bond donors (Lipinski definition) is 2. The zero-order valence-corrected chi connectivity index (χ0v) is 8.28. The normalized spacial score (nSPS) is 22.8. The van der Waals surface area contributed by atoms with Gasteiger partial charge in [0.2, 0.25) is 0 Å². The lowest BCUT2D eigenvalue weighted by Crippen LogP contribution is -2.54. The molecule has 0 unspecified atom stereocenters. The van der Waals surface area contributed by atoms with Crippen molar-refractivity contribution in [1.82, 2.24) is 15.5 Å². The number of rotatable bonds is 0. The molecule has 0 aliphatic carbocycles. The highest BCUT2D eigenvalue weighted by molar-refractivity contribution is 5.85. The molecule has 0 spiro atoms. The molecule has 0 aromatic heterocycles. The molecule has 0 radical (unpaired) electrons. The molecule has 4 nitrogen and oxygen atoms in total. The number of amides is 2. The van der Waals surface area contributed by atoms with Gasteiger partial charge in [-0.3, -0.25) is 0 Å². The minimum Gasteiger partial charge on any atom is -0.341 e. The Kier molecular flexibility index (Phi) is 5.01. The molecule has 0 bridgehead atoms. The van der Waals surface area contributed by atoms with Crippen LogP contribution in [0, 0.1) is 0 Å². The van der Waals surface area contributed by atoms with E-state index in [1.54, 1.807) is 7.05 Å². The highest BCUT2D eigenvalue weighted by atomic mass is 35.5. The lowest BCUT2D eigenvalue weighted by atomic mass is 10.2. The third-order valence-electron chi connectivity index (χ3n) is 1.98. The van der Waals surface area contributed by atoms with Gasteiger partial charge in [0.25, 0.3) is 0 Å². The molecule has 1 heterocycles. The molecular weight excluding hydrogens is 178 g/mol. The summed E-state index contributed by atoms with van der Waals surface area (Å²) in [6, 6.07) is 0.336. The third-order valence-corrected chi connectivity index (χ3v) is 1.98. The van der Waals surface area contributed by atoms with Crippen molar-refractivity contribution >= 4 is 18.4 Å². The molecule has 1 fully saturated rings. The SMILES string of the molecule is CNC(=O)N1CCNC[C@H]1C.Cl. The van der Waals surface area contributed by atoms with Crippen molar-refractivity contribution < 1.29 is 4.79 Å². The summed E-state index contributed by atoms with van der Waals surface area (Å²) in [5, 5.41) is 5.85. The summed E-state index contributed by atoms with van der Waals surface area (Å²) in [5.74, 6) is 0. The van der Waals surface area contributed by atoms with Crippen LogP contribution in [0.3, 0.4) is 0 Å². The predicted molar refractivity (Wildman–Crippen MR) is 50.7 cm³/mol. The van der Waals surface area contributed by atoms with Gasteiger partial charge in [-0.2, -0.15) is 0 Å². The Morgan fingerprint density at radius 2 is 2.33 bits per heavy atom. The van der Waals surface area contributed by atoms with Crippen LogP contribution < -0.4 is 10.6 Å². The molecule has 72 valence electrons. The predicted octanol–water partition coefficient (Wildman–Crippen LogP) is 0.0413. The number of urea groups is 1. The minimum absolute atomic E-state index is 0. The van der Waals surface area contributed by atoms with Crippen LogP contribution >= 0.6 is 12.4 Å². The zero-order chi connectivity index (χ0) is 8.27. The fourth-order valence-electron chi connectivity index (χ4n) is 1.29. The van der Waals surface area contributed by atoms with Crippen LogP contribution in [0.15, 0.2) is 0 Å². The molecule has 0 aromatic carbocycles. The van der Waals surface area contributed by atoms with Gasteiger partial charge in [0, 0.05) is 32.7 Å². The first-order valence-corrected chi connectivity index (χ1v) is 3.94. The van der Waals surface area contributed by atoms with E-state index in [4.69, 9.17) is 0 Å². The fraction of sp³-hybridized carbons (Fsp3) is 0.857. The van der Waals surface area contributed by atoms with Crippen LogP contribution in [-0.2, 0) is 0 Å². The van der Waals surface area contributed by atoms with Crippen molar-refractivity contribution in [3.63, 3.8) is 0 Å². The molecule has 1 aliphatic heterocycles. The van der Waals surface area contributed by atoms with Crippen LogP contribution in [0.25, 0.3) is 0 Å². The summed E-state index contributed by atoms with van der Waals surface area (Å²) >= 11 is 0. The third kappa shape index (κ3) is 2.53. The number of carbonyl (C=O) groups excluding carboxylic acids is 1. The van der Waals surface area contributed by atoms with E-state index in [2.05, 4.69) is 10.6 Å². The highest BCUT2D eigenvalue weighted by Gasteiger charge is 2.21. The molecule has 1 aliphatic rings. The van der Waals surface area contributed by atoms with Gasteiger partial charge in [-0.1, -0.05) is 0 Å². The first-order valence-electron chi connectivity index (χ1n) is 3.94. The van der Waals surface area contributed by atoms with E-state index in [1.807, 2.05) is 11.8 Å². The van der Waals surface area contributed by atoms with Gasteiger partial charge in [0.1, 0.15) is 0 Å². The molecule has 2 N–H and O–H groups in total. The van der Waals surface area contributed by atoms with E-state index in [1.165, 1.54) is 0 Å². The summed E-state index contributed by atoms with van der Waals surface area (Å²) in [5.41, 5.74) is 0. The van der Waals surface area contributed by atoms with Gasteiger partial charge >= 0.3 is 6.03 Å². The summed E-state index contributed by atoms with van der Waals surface area (Å²) in [6.07, 6.45) is 0. The van der Waals surface area contributed by atoms with Crippen molar-refractivity contribution in [2.75, 3.05) is 26.7 Å². The van der Waals surface area contributed by atoms with E-state index in [0.29, 0.717) is 6.04 Å². The van der Waals surface area contributed by atoms with Gasteiger partial charge in [-0.25, -0.2) is 4.79 Å². The van der Waals surface area contributed by atoms with Crippen molar-refractivity contribution in [2.45, 2.75) is 13.0 Å². The molecule has 1 saturated heterocycles. The second-order valence-corrected chi connectivity index (χ2v) is 2.80. The molecule has 0 saturated carbocycles. The van der Waals surface area contributed by atoms with Gasteiger partial charge in [-0.15, -0.1) is 12.4 Å². The molecule has 12 heavy (non-hydrogen) atoms. The number of hydrogen-bond acceptors (Lipinski definition) is 2. The number of piperazine rings is 1. The Bertz CT molecular complexity index is 154. The Hall–Kier alpha value is -0.480. The topological polar surface area (TPSA) is 44.4 Å². The molecule has 1 atom stereocenters. The first kappa shape index (κ1) is 11.5. The molecule has 1 rings (SSSR count). The van der Waals surface area contributed by atoms with Crippen molar-refractivity contribution in [1.29, 1.82) is 0 Å². The quantitative estimate of drug-likeness (QED) is 0.571. The average Bonchev–Trinajstić information content (AvgIpc) is 2.04. The number of nitrogens with one attached hydrogen (secondary N) is 2. The second-order valence-electron chi connectivity index (χ2n) is 2.80. The smallest absolute Gasteiger partial charge is 0.317 e. The van der Waals surface area contributed by atoms with Crippen molar-refractivity contribution in [3.8, 4) is 0 Å². The van der Waals surface area contributed by atoms with Gasteiger partial charge in [0.05, 0.1) is 0 Å². The summed E-state index contributed by atoms with van der Waals surface area (Å²) < 4.78 is 0. The summed E-state index contributed by atoms with van der Waals surface area (Å²) in [7, 11) is 1.66. The van der Waals surface area contributed by atoms with Gasteiger partial charge in [0.15, 0.2) is 0 Å². The minimum atomic E-state index is 0. The second kappa shape index (κ2) is 5.22. The van der Waals surface area contributed by atoms with Gasteiger partial charge < -0.3 is 15.5 Å². The first-order chi connectivity index (χ1) is 5.25. The van der Waals surface area contributed by atoms with Gasteiger partial charge in [-0.05, 0) is 6.92 Å². The Labute approximate surface area is 79.1 Å². The molecule has 5 heteroatoms. The maximum absolute atomic E-state index is 11.2. The van der Waals surface area contributed by atoms with E-state index >= 15 is 0 Å². The van der Waals surface area contributed by atoms with E-state index in [0.717, 1.165) is 19.6 Å². The zero-order valence-electron chi connectivity index (χ0n) is 7.46. The number of carbonyl (C=O) groups is 1. The maximum atomic E-state index is 11.2. The van der Waals surface area contributed by atoms with E-state index in [9.17, 15) is 4.79 Å². The molecule has 2 amide bonds. The van der Waals surface area contributed by atoms with Crippen LogP contribution in [0.5, 0.6) is 0 Å². The Morgan fingerprint density at radius 3 is 2.83 bits per heavy atom. The highest BCUT2D eigenvalue weighted by Crippen LogP contribution is 2.01. The lowest BCUT2D eigenvalue weighted by molar-refractivity contribution is 0.166. The standard InChI is InChI=1S/C7H15N3O.ClH/c1-6-5-9-3-4-10(6)7(11)8-2;/h6,9H,3-5H2,1-2H3,(H,8,11);1H/t6-;/m1./s1. The van der Waals surface area contributed by atoms with E-state index in [-0.39, 0.29) is 18.4 Å². The largest absolute Gasteiger partial charge is 0.341 e. The number of nitrogens with zero attached hydrogens (tertiary/aromatic N) is 1. The number of halogens is 1. The summed E-state index contributed by atoms with van der Waals surface area (Å²) in [6.45, 7) is 4.65. The van der Waals surface area contributed by atoms with E-state index < -0.39 is 0 Å². The maximum Gasteiger partial charge on any atom is 0.317 e. The Balaban J connectivity index is 0.00000121. The molecular formula is C7H16ClN3O. The average molecular weight is 194 g/mol. The lowest BCUT2D eigenvalue weighted by Gasteiger charge is -2.33. The Morgan fingerprint density at radius 1 is 1.67 bits per heavy atom. The van der Waals surface area contributed by atoms with Crippen LogP contribution in [0.2, 0.25) is 0 Å². The van der Waals surface area contributed by atoms with Crippen molar-refractivity contribution in [3.05, 3.63) is 0 Å². The fourth-order valence-corrected chi connectivity index (χ4v) is 1.29. The summed E-state index contributed by atoms with van der Waals surface area (Å²) in [4.78, 5) is 13.0. The van der Waals surface area contributed by atoms with Crippen LogP contribution in [0.1, 0.15) is 6.92 Å².